The Labute approximate surface area is 171 Å². The Morgan fingerprint density at radius 2 is 1.97 bits per heavy atom. The molecule has 0 bridgehead atoms. The minimum absolute atomic E-state index is 0.0801. The molecule has 1 N–H and O–H groups in total. The number of ether oxygens (including phenoxy) is 1. The van der Waals surface area contributed by atoms with Gasteiger partial charge >= 0.3 is 6.09 Å². The van der Waals surface area contributed by atoms with Crippen LogP contribution in [-0.2, 0) is 4.74 Å². The summed E-state index contributed by atoms with van der Waals surface area (Å²) in [6, 6.07) is 13.8. The quantitative estimate of drug-likeness (QED) is 0.501. The van der Waals surface area contributed by atoms with E-state index in [2.05, 4.69) is 24.9 Å². The molecular weight excluding hydrogens is 392 g/mol. The Morgan fingerprint density at radius 1 is 1.21 bits per heavy atom. The number of aromatic nitrogens is 2. The van der Waals surface area contributed by atoms with Crippen molar-refractivity contribution in [3.8, 4) is 17.1 Å². The summed E-state index contributed by atoms with van der Waals surface area (Å²) in [6.07, 6.45) is 1.05. The van der Waals surface area contributed by atoms with Gasteiger partial charge in [0, 0.05) is 18.1 Å². The summed E-state index contributed by atoms with van der Waals surface area (Å²) in [5, 5.41) is 14.1. The van der Waals surface area contributed by atoms with Crippen LogP contribution in [0.3, 0.4) is 0 Å². The number of rotatable bonds is 4. The molecule has 0 atom stereocenters. The second-order valence-corrected chi connectivity index (χ2v) is 6.58. The summed E-state index contributed by atoms with van der Waals surface area (Å²) < 4.78 is 9.64. The van der Waals surface area contributed by atoms with Crippen LogP contribution >= 0.6 is 11.8 Å². The molecule has 2 aromatic carbocycles. The van der Waals surface area contributed by atoms with Crippen molar-refractivity contribution in [2.24, 2.45) is 9.98 Å². The highest BCUT2D eigenvalue weighted by Crippen LogP contribution is 2.23. The number of aliphatic imine (C=N–C) groups is 2. The van der Waals surface area contributed by atoms with E-state index < -0.39 is 6.09 Å². The summed E-state index contributed by atoms with van der Waals surface area (Å²) in [4.78, 5) is 24.5. The largest absolute Gasteiger partial charge is 0.508 e. The number of methoxy groups -OCH3 is 1. The van der Waals surface area contributed by atoms with Crippen LogP contribution in [0.1, 0.15) is 11.5 Å². The fourth-order valence-corrected chi connectivity index (χ4v) is 2.97. The number of phenols is 1. The minimum Gasteiger partial charge on any atom is -0.508 e. The molecule has 0 saturated carbocycles. The third kappa shape index (κ3) is 5.08. The van der Waals surface area contributed by atoms with Crippen LogP contribution < -0.4 is 0 Å². The highest BCUT2D eigenvalue weighted by Gasteiger charge is 2.15. The van der Waals surface area contributed by atoms with Gasteiger partial charge in [0.1, 0.15) is 16.5 Å². The van der Waals surface area contributed by atoms with E-state index in [9.17, 15) is 9.90 Å². The maximum atomic E-state index is 11.7. The molecule has 0 spiro atoms. The van der Waals surface area contributed by atoms with Crippen LogP contribution in [0, 0.1) is 6.92 Å². The minimum atomic E-state index is -0.731. The topological polar surface area (TPSA) is 110 Å². The lowest BCUT2D eigenvalue weighted by Gasteiger charge is -2.09. The number of phenolic OH excluding ortho intramolecular Hbond substituents is 1. The Bertz CT molecular complexity index is 1070. The lowest BCUT2D eigenvalue weighted by Crippen LogP contribution is -2.14. The van der Waals surface area contributed by atoms with Gasteiger partial charge in [-0.3, -0.25) is 0 Å². The number of aromatic hydroxyl groups is 1. The molecule has 1 heterocycles. The van der Waals surface area contributed by atoms with E-state index in [0.29, 0.717) is 33.7 Å². The summed E-state index contributed by atoms with van der Waals surface area (Å²) in [5.41, 5.74) is 2.45. The zero-order chi connectivity index (χ0) is 20.8. The maximum Gasteiger partial charge on any atom is 0.434 e. The number of hydrogen-bond donors (Lipinski definition) is 1. The van der Waals surface area contributed by atoms with Gasteiger partial charge in [-0.2, -0.15) is 9.98 Å². The fourth-order valence-electron chi connectivity index (χ4n) is 2.44. The molecule has 0 saturated heterocycles. The Hall–Kier alpha value is -3.46. The van der Waals surface area contributed by atoms with Crippen molar-refractivity contribution >= 4 is 34.3 Å². The van der Waals surface area contributed by atoms with Gasteiger partial charge in [0.15, 0.2) is 0 Å². The van der Waals surface area contributed by atoms with Gasteiger partial charge in [0.2, 0.25) is 11.7 Å². The third-order valence-corrected chi connectivity index (χ3v) is 4.45. The van der Waals surface area contributed by atoms with Crippen molar-refractivity contribution in [1.29, 1.82) is 0 Å². The lowest BCUT2D eigenvalue weighted by molar-refractivity contribution is 0.183. The van der Waals surface area contributed by atoms with Gasteiger partial charge in [-0.1, -0.05) is 17.3 Å². The van der Waals surface area contributed by atoms with Crippen molar-refractivity contribution in [2.75, 3.05) is 13.4 Å². The number of carbonyl (C=O) groups is 1. The van der Waals surface area contributed by atoms with E-state index in [1.807, 2.05) is 12.1 Å². The SMILES string of the molecule is COC(=O)N=C(SC)C(=Nc1ccc(-c2noc(C)n2)cc1)c1cccc(O)c1. The lowest BCUT2D eigenvalue weighted by atomic mass is 10.1. The molecule has 0 aliphatic carbocycles. The van der Waals surface area contributed by atoms with Crippen molar-refractivity contribution in [2.45, 2.75) is 6.92 Å². The van der Waals surface area contributed by atoms with Crippen molar-refractivity contribution in [1.82, 2.24) is 10.1 Å². The molecule has 0 unspecified atom stereocenters. The zero-order valence-electron chi connectivity index (χ0n) is 16.0. The zero-order valence-corrected chi connectivity index (χ0v) is 16.8. The Morgan fingerprint density at radius 3 is 2.55 bits per heavy atom. The first kappa shape index (κ1) is 20.3. The molecule has 1 aromatic heterocycles. The number of hydrogen-bond acceptors (Lipinski definition) is 8. The molecule has 29 heavy (non-hydrogen) atoms. The van der Waals surface area contributed by atoms with Gasteiger partial charge in [0.05, 0.1) is 12.8 Å². The predicted molar refractivity (Wildman–Crippen MR) is 112 cm³/mol. The van der Waals surface area contributed by atoms with Gasteiger partial charge in [-0.05, 0) is 42.7 Å². The van der Waals surface area contributed by atoms with Crippen LogP contribution in [0.2, 0.25) is 0 Å². The van der Waals surface area contributed by atoms with E-state index in [1.54, 1.807) is 49.6 Å². The van der Waals surface area contributed by atoms with Gasteiger partial charge in [-0.25, -0.2) is 9.79 Å². The monoisotopic (exact) mass is 410 g/mol. The normalized spacial score (nSPS) is 12.1. The number of aryl methyl sites for hydroxylation is 1. The van der Waals surface area contributed by atoms with Gasteiger partial charge < -0.3 is 14.4 Å². The Balaban J connectivity index is 2.04. The predicted octanol–water partition coefficient (Wildman–Crippen LogP) is 4.40. The molecule has 3 rings (SSSR count). The Kier molecular flexibility index (Phi) is 6.40. The van der Waals surface area contributed by atoms with Gasteiger partial charge in [-0.15, -0.1) is 11.8 Å². The highest BCUT2D eigenvalue weighted by molar-refractivity contribution is 8.15. The second kappa shape index (κ2) is 9.16. The fraction of sp³-hybridized carbons (Fsp3) is 0.150. The standard InChI is InChI=1S/C20H18N4O4S/c1-12-21-18(24-28-12)13-7-9-15(10-8-13)22-17(14-5-4-6-16(25)11-14)19(29-3)23-20(26)27-2/h4-11,25H,1-3H3. The molecule has 0 radical (unpaired) electrons. The molecule has 0 aliphatic rings. The highest BCUT2D eigenvalue weighted by atomic mass is 32.2. The van der Waals surface area contributed by atoms with E-state index in [1.165, 1.54) is 18.9 Å². The molecule has 0 aliphatic heterocycles. The van der Waals surface area contributed by atoms with Crippen LogP contribution in [0.4, 0.5) is 10.5 Å². The van der Waals surface area contributed by atoms with E-state index in [-0.39, 0.29) is 5.75 Å². The average molecular weight is 410 g/mol. The van der Waals surface area contributed by atoms with Crippen LogP contribution in [-0.4, -0.2) is 45.5 Å². The summed E-state index contributed by atoms with van der Waals surface area (Å²) in [6.45, 7) is 1.72. The number of nitrogens with zero attached hydrogens (tertiary/aromatic N) is 4. The van der Waals surface area contributed by atoms with E-state index >= 15 is 0 Å². The number of thioether (sulfide) groups is 1. The second-order valence-electron chi connectivity index (χ2n) is 5.79. The third-order valence-electron chi connectivity index (χ3n) is 3.78. The number of amides is 1. The average Bonchev–Trinajstić information content (AvgIpc) is 3.17. The molecule has 8 nitrogen and oxygen atoms in total. The van der Waals surface area contributed by atoms with Crippen LogP contribution in [0.15, 0.2) is 63.0 Å². The summed E-state index contributed by atoms with van der Waals surface area (Å²) >= 11 is 1.25. The first-order chi connectivity index (χ1) is 14.0. The van der Waals surface area contributed by atoms with Crippen molar-refractivity contribution < 1.29 is 19.2 Å². The summed E-state index contributed by atoms with van der Waals surface area (Å²) in [5.74, 6) is 1.05. The van der Waals surface area contributed by atoms with Crippen molar-refractivity contribution in [3.63, 3.8) is 0 Å². The first-order valence-electron chi connectivity index (χ1n) is 8.50. The van der Waals surface area contributed by atoms with Gasteiger partial charge in [0.25, 0.3) is 0 Å². The van der Waals surface area contributed by atoms with Crippen LogP contribution in [0.5, 0.6) is 5.75 Å². The molecule has 0 fully saturated rings. The molecule has 9 heteroatoms. The first-order valence-corrected chi connectivity index (χ1v) is 9.72. The summed E-state index contributed by atoms with van der Waals surface area (Å²) in [7, 11) is 1.26. The number of benzene rings is 2. The smallest absolute Gasteiger partial charge is 0.434 e. The molecular formula is C20H18N4O4S. The number of carbonyl (C=O) groups excluding carboxylic acids is 1. The van der Waals surface area contributed by atoms with Crippen LogP contribution in [0.25, 0.3) is 11.4 Å². The van der Waals surface area contributed by atoms with E-state index in [0.717, 1.165) is 5.56 Å². The molecule has 3 aromatic rings. The van der Waals surface area contributed by atoms with Crippen molar-refractivity contribution in [3.05, 3.63) is 60.0 Å². The maximum absolute atomic E-state index is 11.7. The van der Waals surface area contributed by atoms with E-state index in [4.69, 9.17) is 4.52 Å². The molecule has 1 amide bonds. The molecule has 148 valence electrons.